The number of nitrogens with zero attached hydrogens (tertiary/aromatic N) is 1. The second kappa shape index (κ2) is 3.26. The molecule has 1 aromatic heterocycles. The van der Waals surface area contributed by atoms with Gasteiger partial charge in [-0.1, -0.05) is 19.4 Å². The Labute approximate surface area is 73.8 Å². The van der Waals surface area contributed by atoms with Crippen molar-refractivity contribution < 1.29 is 0 Å². The second-order valence-electron chi connectivity index (χ2n) is 3.57. The largest absolute Gasteiger partial charge is 0.261 e. The summed E-state index contributed by atoms with van der Waals surface area (Å²) in [6, 6.07) is 4.28. The zero-order chi connectivity index (χ0) is 8.39. The summed E-state index contributed by atoms with van der Waals surface area (Å²) in [4.78, 5) is 4.46. The normalized spacial score (nSPS) is 16.4. The Kier molecular flexibility index (Phi) is 2.11. The number of aryl methyl sites for hydroxylation is 1. The van der Waals surface area contributed by atoms with E-state index in [0.29, 0.717) is 0 Å². The van der Waals surface area contributed by atoms with E-state index in [0.717, 1.165) is 5.92 Å². The molecule has 1 heteroatoms. The van der Waals surface area contributed by atoms with E-state index in [-0.39, 0.29) is 0 Å². The van der Waals surface area contributed by atoms with E-state index >= 15 is 0 Å². The third-order valence-electron chi connectivity index (χ3n) is 2.41. The molecule has 1 aliphatic rings. The number of hydrogen-bond donors (Lipinski definition) is 0. The first kappa shape index (κ1) is 7.78. The first-order valence-corrected chi connectivity index (χ1v) is 4.85. The standard InChI is InChI=1S/C11H15N/c1-2-4-9-5-3-8-12-11(9)10-6-7-10/h3,5,8,10H,2,4,6-7H2,1H3. The maximum Gasteiger partial charge on any atom is 0.0466 e. The van der Waals surface area contributed by atoms with Crippen molar-refractivity contribution in [3.05, 3.63) is 29.6 Å². The predicted molar refractivity (Wildman–Crippen MR) is 50.2 cm³/mol. The Bertz CT molecular complexity index is 263. The Morgan fingerprint density at radius 1 is 1.50 bits per heavy atom. The highest BCUT2D eigenvalue weighted by Gasteiger charge is 2.26. The SMILES string of the molecule is CCCc1cccnc1C1CC1. The third kappa shape index (κ3) is 1.50. The molecular weight excluding hydrogens is 146 g/mol. The molecule has 12 heavy (non-hydrogen) atoms. The van der Waals surface area contributed by atoms with Gasteiger partial charge in [-0.25, -0.2) is 0 Å². The Hall–Kier alpha value is -0.850. The van der Waals surface area contributed by atoms with Crippen LogP contribution in [0.2, 0.25) is 0 Å². The molecule has 0 unspecified atom stereocenters. The quantitative estimate of drug-likeness (QED) is 0.664. The average Bonchev–Trinajstić information content (AvgIpc) is 2.89. The van der Waals surface area contributed by atoms with Crippen molar-refractivity contribution in [1.82, 2.24) is 4.98 Å². The molecule has 0 bridgehead atoms. The van der Waals surface area contributed by atoms with Crippen LogP contribution in [0.4, 0.5) is 0 Å². The highest BCUT2D eigenvalue weighted by Crippen LogP contribution is 2.40. The molecule has 0 atom stereocenters. The summed E-state index contributed by atoms with van der Waals surface area (Å²) in [6.45, 7) is 2.23. The lowest BCUT2D eigenvalue weighted by atomic mass is 10.1. The van der Waals surface area contributed by atoms with Gasteiger partial charge in [-0.2, -0.15) is 0 Å². The Balaban J connectivity index is 2.24. The first-order chi connectivity index (χ1) is 5.92. The smallest absolute Gasteiger partial charge is 0.0466 e. The monoisotopic (exact) mass is 161 g/mol. The fourth-order valence-electron chi connectivity index (χ4n) is 1.66. The van der Waals surface area contributed by atoms with Gasteiger partial charge in [-0.3, -0.25) is 4.98 Å². The molecule has 0 radical (unpaired) electrons. The van der Waals surface area contributed by atoms with Gasteiger partial charge >= 0.3 is 0 Å². The minimum atomic E-state index is 0.799. The van der Waals surface area contributed by atoms with Gasteiger partial charge in [-0.15, -0.1) is 0 Å². The lowest BCUT2D eigenvalue weighted by Crippen LogP contribution is -1.94. The predicted octanol–water partition coefficient (Wildman–Crippen LogP) is 2.91. The topological polar surface area (TPSA) is 12.9 Å². The van der Waals surface area contributed by atoms with Gasteiger partial charge in [0.15, 0.2) is 0 Å². The van der Waals surface area contributed by atoms with Crippen LogP contribution in [-0.4, -0.2) is 4.98 Å². The Morgan fingerprint density at radius 3 is 3.00 bits per heavy atom. The van der Waals surface area contributed by atoms with Crippen LogP contribution < -0.4 is 0 Å². The molecule has 0 saturated heterocycles. The van der Waals surface area contributed by atoms with Gasteiger partial charge in [0.25, 0.3) is 0 Å². The summed E-state index contributed by atoms with van der Waals surface area (Å²) in [5.74, 6) is 0.799. The van der Waals surface area contributed by atoms with E-state index in [1.54, 1.807) is 0 Å². The van der Waals surface area contributed by atoms with Crippen LogP contribution in [0.3, 0.4) is 0 Å². The van der Waals surface area contributed by atoms with Crippen molar-refractivity contribution in [2.24, 2.45) is 0 Å². The van der Waals surface area contributed by atoms with Crippen LogP contribution >= 0.6 is 0 Å². The minimum Gasteiger partial charge on any atom is -0.261 e. The molecule has 2 rings (SSSR count). The molecular formula is C11H15N. The Morgan fingerprint density at radius 2 is 2.33 bits per heavy atom. The molecule has 1 saturated carbocycles. The first-order valence-electron chi connectivity index (χ1n) is 4.85. The van der Waals surface area contributed by atoms with Crippen LogP contribution in [-0.2, 0) is 6.42 Å². The average molecular weight is 161 g/mol. The number of rotatable bonds is 3. The van der Waals surface area contributed by atoms with E-state index in [1.165, 1.54) is 36.9 Å². The summed E-state index contributed by atoms with van der Waals surface area (Å²) >= 11 is 0. The van der Waals surface area contributed by atoms with E-state index in [2.05, 4.69) is 24.0 Å². The van der Waals surface area contributed by atoms with Crippen molar-refractivity contribution in [2.75, 3.05) is 0 Å². The van der Waals surface area contributed by atoms with Gasteiger partial charge in [0.05, 0.1) is 0 Å². The molecule has 1 aliphatic carbocycles. The lowest BCUT2D eigenvalue weighted by molar-refractivity contribution is 0.871. The van der Waals surface area contributed by atoms with Gasteiger partial charge in [0.2, 0.25) is 0 Å². The van der Waals surface area contributed by atoms with E-state index in [4.69, 9.17) is 0 Å². The summed E-state index contributed by atoms with van der Waals surface area (Å²) in [7, 11) is 0. The molecule has 0 aromatic carbocycles. The molecule has 64 valence electrons. The van der Waals surface area contributed by atoms with Crippen molar-refractivity contribution in [1.29, 1.82) is 0 Å². The van der Waals surface area contributed by atoms with Crippen LogP contribution in [0.25, 0.3) is 0 Å². The molecule has 1 aromatic rings. The van der Waals surface area contributed by atoms with Gasteiger partial charge in [0, 0.05) is 17.8 Å². The van der Waals surface area contributed by atoms with Gasteiger partial charge in [-0.05, 0) is 30.9 Å². The number of aromatic nitrogens is 1. The van der Waals surface area contributed by atoms with E-state index in [9.17, 15) is 0 Å². The van der Waals surface area contributed by atoms with Crippen LogP contribution in [0.1, 0.15) is 43.4 Å². The fourth-order valence-corrected chi connectivity index (χ4v) is 1.66. The number of hydrogen-bond acceptors (Lipinski definition) is 1. The van der Waals surface area contributed by atoms with Gasteiger partial charge < -0.3 is 0 Å². The lowest BCUT2D eigenvalue weighted by Gasteiger charge is -2.04. The molecule has 1 heterocycles. The summed E-state index contributed by atoms with van der Waals surface area (Å²) < 4.78 is 0. The molecule has 0 aliphatic heterocycles. The van der Waals surface area contributed by atoms with Crippen LogP contribution in [0, 0.1) is 0 Å². The summed E-state index contributed by atoms with van der Waals surface area (Å²) in [5.41, 5.74) is 2.85. The zero-order valence-electron chi connectivity index (χ0n) is 7.59. The highest BCUT2D eigenvalue weighted by atomic mass is 14.7. The van der Waals surface area contributed by atoms with E-state index < -0.39 is 0 Å². The number of pyridine rings is 1. The van der Waals surface area contributed by atoms with Crippen molar-refractivity contribution in [2.45, 2.75) is 38.5 Å². The molecule has 0 spiro atoms. The maximum absolute atomic E-state index is 4.46. The maximum atomic E-state index is 4.46. The van der Waals surface area contributed by atoms with Crippen molar-refractivity contribution in [3.8, 4) is 0 Å². The second-order valence-corrected chi connectivity index (χ2v) is 3.57. The zero-order valence-corrected chi connectivity index (χ0v) is 7.59. The van der Waals surface area contributed by atoms with E-state index in [1.807, 2.05) is 6.20 Å². The highest BCUT2D eigenvalue weighted by molar-refractivity contribution is 5.26. The van der Waals surface area contributed by atoms with Crippen LogP contribution in [0.15, 0.2) is 18.3 Å². The molecule has 1 fully saturated rings. The fraction of sp³-hybridized carbons (Fsp3) is 0.545. The summed E-state index contributed by atoms with van der Waals surface area (Å²) in [5, 5.41) is 0. The van der Waals surface area contributed by atoms with Gasteiger partial charge in [0.1, 0.15) is 0 Å². The van der Waals surface area contributed by atoms with Crippen molar-refractivity contribution >= 4 is 0 Å². The van der Waals surface area contributed by atoms with Crippen molar-refractivity contribution in [3.63, 3.8) is 0 Å². The molecule has 0 amide bonds. The minimum absolute atomic E-state index is 0.799. The molecule has 0 N–H and O–H groups in total. The van der Waals surface area contributed by atoms with Crippen LogP contribution in [0.5, 0.6) is 0 Å². The molecule has 1 nitrogen and oxygen atoms in total. The summed E-state index contributed by atoms with van der Waals surface area (Å²) in [6.07, 6.45) is 7.05. The third-order valence-corrected chi connectivity index (χ3v) is 2.41.